The van der Waals surface area contributed by atoms with Crippen molar-refractivity contribution in [3.05, 3.63) is 12.3 Å². The second-order valence-electron chi connectivity index (χ2n) is 3.79. The molecule has 0 saturated heterocycles. The third-order valence-electron chi connectivity index (χ3n) is 2.17. The molecule has 0 aromatic carbocycles. The van der Waals surface area contributed by atoms with Gasteiger partial charge in [0.15, 0.2) is 0 Å². The minimum Gasteiger partial charge on any atom is -0.488 e. The maximum atomic E-state index is 5.74. The molecule has 0 bridgehead atoms. The van der Waals surface area contributed by atoms with Crippen molar-refractivity contribution < 1.29 is 4.74 Å². The molecular weight excluding hydrogens is 178 g/mol. The van der Waals surface area contributed by atoms with Gasteiger partial charge in [0.2, 0.25) is 0 Å². The lowest BCUT2D eigenvalue weighted by atomic mass is 10.3. The van der Waals surface area contributed by atoms with Gasteiger partial charge in [0.25, 0.3) is 0 Å². The molecule has 1 aromatic heterocycles. The quantitative estimate of drug-likeness (QED) is 0.785. The van der Waals surface area contributed by atoms with E-state index in [0.717, 1.165) is 24.3 Å². The van der Waals surface area contributed by atoms with Crippen LogP contribution in [0.1, 0.15) is 12.8 Å². The fourth-order valence-corrected chi connectivity index (χ4v) is 1.24. The number of hydrogen-bond acceptors (Lipinski definition) is 4. The Bertz CT molecular complexity index is 334. The van der Waals surface area contributed by atoms with Gasteiger partial charge in [-0.1, -0.05) is 0 Å². The first kappa shape index (κ1) is 9.12. The normalized spacial score (nSPS) is 15.3. The lowest BCUT2D eigenvalue weighted by molar-refractivity contribution is 0.304. The summed E-state index contributed by atoms with van der Waals surface area (Å²) in [5, 5.41) is 0. The van der Waals surface area contributed by atoms with Crippen molar-refractivity contribution >= 4 is 11.5 Å². The van der Waals surface area contributed by atoms with E-state index in [0.29, 0.717) is 11.9 Å². The summed E-state index contributed by atoms with van der Waals surface area (Å²) in [7, 11) is 3.93. The van der Waals surface area contributed by atoms with Gasteiger partial charge in [-0.2, -0.15) is 0 Å². The number of anilines is 2. The van der Waals surface area contributed by atoms with Crippen molar-refractivity contribution in [2.45, 2.75) is 18.9 Å². The predicted octanol–water partition coefficient (Wildman–Crippen LogP) is 1.27. The highest BCUT2D eigenvalue weighted by Crippen LogP contribution is 2.33. The minimum atomic E-state index is 0.385. The zero-order valence-electron chi connectivity index (χ0n) is 8.53. The summed E-state index contributed by atoms with van der Waals surface area (Å²) in [6.45, 7) is 0. The van der Waals surface area contributed by atoms with Crippen molar-refractivity contribution in [1.82, 2.24) is 4.98 Å². The highest BCUT2D eigenvalue weighted by Gasteiger charge is 2.25. The summed E-state index contributed by atoms with van der Waals surface area (Å²) in [4.78, 5) is 6.02. The second-order valence-corrected chi connectivity index (χ2v) is 3.79. The molecule has 0 amide bonds. The van der Waals surface area contributed by atoms with Crippen molar-refractivity contribution in [2.75, 3.05) is 24.7 Å². The summed E-state index contributed by atoms with van der Waals surface area (Å²) in [5.74, 6) is 1.34. The molecule has 2 rings (SSSR count). The van der Waals surface area contributed by atoms with Gasteiger partial charge in [0.05, 0.1) is 18.0 Å². The molecule has 1 aliphatic rings. The maximum absolute atomic E-state index is 5.74. The van der Waals surface area contributed by atoms with Crippen LogP contribution in [0.25, 0.3) is 0 Å². The number of nitrogens with zero attached hydrogens (tertiary/aromatic N) is 2. The zero-order chi connectivity index (χ0) is 10.1. The fraction of sp³-hybridized carbons (Fsp3) is 0.500. The summed E-state index contributed by atoms with van der Waals surface area (Å²) in [5.41, 5.74) is 6.59. The minimum absolute atomic E-state index is 0.385. The SMILES string of the molecule is CN(C)c1cnc(N)cc1OC1CC1. The van der Waals surface area contributed by atoms with Crippen molar-refractivity contribution in [2.24, 2.45) is 0 Å². The van der Waals surface area contributed by atoms with Gasteiger partial charge in [-0.3, -0.25) is 0 Å². The Morgan fingerprint density at radius 2 is 2.21 bits per heavy atom. The molecule has 1 heterocycles. The van der Waals surface area contributed by atoms with Crippen LogP contribution < -0.4 is 15.4 Å². The van der Waals surface area contributed by atoms with Crippen LogP contribution in [-0.4, -0.2) is 25.2 Å². The van der Waals surface area contributed by atoms with Crippen molar-refractivity contribution in [3.8, 4) is 5.75 Å². The first-order chi connectivity index (χ1) is 6.66. The molecule has 2 N–H and O–H groups in total. The van der Waals surface area contributed by atoms with Crippen LogP contribution in [-0.2, 0) is 0 Å². The molecule has 1 saturated carbocycles. The van der Waals surface area contributed by atoms with Gasteiger partial charge < -0.3 is 15.4 Å². The Labute approximate surface area is 83.7 Å². The zero-order valence-corrected chi connectivity index (χ0v) is 8.53. The molecule has 0 atom stereocenters. The number of ether oxygens (including phenoxy) is 1. The van der Waals surface area contributed by atoms with Crippen LogP contribution in [0.15, 0.2) is 12.3 Å². The molecular formula is C10H15N3O. The third kappa shape index (κ3) is 1.89. The Morgan fingerprint density at radius 3 is 2.79 bits per heavy atom. The number of hydrogen-bond donors (Lipinski definition) is 1. The lowest BCUT2D eigenvalue weighted by Crippen LogP contribution is -2.12. The van der Waals surface area contributed by atoms with E-state index in [1.807, 2.05) is 19.0 Å². The summed E-state index contributed by atoms with van der Waals surface area (Å²) < 4.78 is 5.74. The Hall–Kier alpha value is -1.45. The van der Waals surface area contributed by atoms with Gasteiger partial charge in [0.1, 0.15) is 11.6 Å². The van der Waals surface area contributed by atoms with Gasteiger partial charge in [0, 0.05) is 20.2 Å². The predicted molar refractivity (Wildman–Crippen MR) is 56.6 cm³/mol. The highest BCUT2D eigenvalue weighted by molar-refractivity contribution is 5.59. The average molecular weight is 193 g/mol. The molecule has 4 nitrogen and oxygen atoms in total. The molecule has 0 unspecified atom stereocenters. The third-order valence-corrected chi connectivity index (χ3v) is 2.17. The fourth-order valence-electron chi connectivity index (χ4n) is 1.24. The second kappa shape index (κ2) is 3.36. The lowest BCUT2D eigenvalue weighted by Gasteiger charge is -2.17. The Balaban J connectivity index is 2.27. The van der Waals surface area contributed by atoms with Crippen LogP contribution in [0.2, 0.25) is 0 Å². The number of nitrogen functional groups attached to an aromatic ring is 1. The van der Waals surface area contributed by atoms with Crippen molar-refractivity contribution in [1.29, 1.82) is 0 Å². The van der Waals surface area contributed by atoms with Crippen LogP contribution in [0.4, 0.5) is 11.5 Å². The van der Waals surface area contributed by atoms with Gasteiger partial charge >= 0.3 is 0 Å². The molecule has 1 aliphatic carbocycles. The Kier molecular flexibility index (Phi) is 2.19. The van der Waals surface area contributed by atoms with Crippen LogP contribution >= 0.6 is 0 Å². The average Bonchev–Trinajstić information content (AvgIpc) is 2.87. The van der Waals surface area contributed by atoms with Crippen LogP contribution in [0, 0.1) is 0 Å². The Morgan fingerprint density at radius 1 is 1.50 bits per heavy atom. The van der Waals surface area contributed by atoms with E-state index in [2.05, 4.69) is 4.98 Å². The maximum Gasteiger partial charge on any atom is 0.148 e. The van der Waals surface area contributed by atoms with Gasteiger partial charge in [-0.15, -0.1) is 0 Å². The first-order valence-corrected chi connectivity index (χ1v) is 4.76. The van der Waals surface area contributed by atoms with Crippen molar-refractivity contribution in [3.63, 3.8) is 0 Å². The van der Waals surface area contributed by atoms with E-state index in [1.165, 1.54) is 0 Å². The van der Waals surface area contributed by atoms with E-state index in [9.17, 15) is 0 Å². The molecule has 0 spiro atoms. The van der Waals surface area contributed by atoms with Gasteiger partial charge in [-0.25, -0.2) is 4.98 Å². The number of aromatic nitrogens is 1. The number of rotatable bonds is 3. The van der Waals surface area contributed by atoms with E-state index in [-0.39, 0.29) is 0 Å². The monoisotopic (exact) mass is 193 g/mol. The molecule has 1 aromatic rings. The standard InChI is InChI=1S/C10H15N3O/c1-13(2)8-6-12-10(11)5-9(8)14-7-3-4-7/h5-7H,3-4H2,1-2H3,(H2,11,12). The van der Waals surface area contributed by atoms with Gasteiger partial charge in [-0.05, 0) is 12.8 Å². The smallest absolute Gasteiger partial charge is 0.148 e. The van der Waals surface area contributed by atoms with Crippen LogP contribution in [0.5, 0.6) is 5.75 Å². The van der Waals surface area contributed by atoms with E-state index < -0.39 is 0 Å². The molecule has 1 fully saturated rings. The van der Waals surface area contributed by atoms with E-state index >= 15 is 0 Å². The molecule has 0 aliphatic heterocycles. The summed E-state index contributed by atoms with van der Waals surface area (Å²) in [6.07, 6.45) is 4.42. The first-order valence-electron chi connectivity index (χ1n) is 4.76. The largest absolute Gasteiger partial charge is 0.488 e. The summed E-state index contributed by atoms with van der Waals surface area (Å²) in [6, 6.07) is 1.79. The van der Waals surface area contributed by atoms with E-state index in [1.54, 1.807) is 12.3 Å². The highest BCUT2D eigenvalue weighted by atomic mass is 16.5. The summed E-state index contributed by atoms with van der Waals surface area (Å²) >= 11 is 0. The van der Waals surface area contributed by atoms with E-state index in [4.69, 9.17) is 10.5 Å². The molecule has 0 radical (unpaired) electrons. The number of pyridine rings is 1. The van der Waals surface area contributed by atoms with Crippen LogP contribution in [0.3, 0.4) is 0 Å². The molecule has 14 heavy (non-hydrogen) atoms. The number of nitrogens with two attached hydrogens (primary N) is 1. The molecule has 76 valence electrons. The topological polar surface area (TPSA) is 51.4 Å². The molecule has 4 heteroatoms.